The summed E-state index contributed by atoms with van der Waals surface area (Å²) in [7, 11) is -3.59. The molecule has 0 aromatic heterocycles. The van der Waals surface area contributed by atoms with Crippen LogP contribution in [0.15, 0.2) is 27.6 Å². The molecule has 108 valence electrons. The highest BCUT2D eigenvalue weighted by Gasteiger charge is 2.17. The van der Waals surface area contributed by atoms with E-state index in [0.29, 0.717) is 17.7 Å². The first-order chi connectivity index (χ1) is 8.97. The van der Waals surface area contributed by atoms with Crippen LogP contribution in [0.25, 0.3) is 0 Å². The van der Waals surface area contributed by atoms with E-state index in [4.69, 9.17) is 10.5 Å². The van der Waals surface area contributed by atoms with E-state index in [1.54, 1.807) is 12.1 Å². The monoisotopic (exact) mass is 350 g/mol. The zero-order chi connectivity index (χ0) is 14.3. The maximum absolute atomic E-state index is 12.0. The summed E-state index contributed by atoms with van der Waals surface area (Å²) in [5, 5.41) is 0. The quantitative estimate of drug-likeness (QED) is 0.555. The molecule has 0 atom stereocenters. The molecule has 0 aliphatic heterocycles. The van der Waals surface area contributed by atoms with E-state index in [2.05, 4.69) is 27.6 Å². The second-order valence-electron chi connectivity index (χ2n) is 4.05. The molecule has 1 aromatic rings. The van der Waals surface area contributed by atoms with Gasteiger partial charge in [-0.25, -0.2) is 13.1 Å². The summed E-state index contributed by atoms with van der Waals surface area (Å²) in [6.07, 6.45) is 2.03. The molecule has 19 heavy (non-hydrogen) atoms. The fourth-order valence-electron chi connectivity index (χ4n) is 1.42. The molecule has 0 spiro atoms. The minimum atomic E-state index is -3.59. The zero-order valence-corrected chi connectivity index (χ0v) is 13.3. The third kappa shape index (κ3) is 5.48. The van der Waals surface area contributed by atoms with Crippen LogP contribution in [-0.2, 0) is 14.8 Å². The number of nitrogens with one attached hydrogen (secondary N) is 1. The fraction of sp³-hybridized carbons (Fsp3) is 0.500. The number of nitrogen functional groups attached to an aromatic ring is 1. The first kappa shape index (κ1) is 16.4. The standard InChI is InChI=1S/C12H19BrN2O3S/c1-2-3-7-18-8-6-15-19(16,17)12-9-10(13)4-5-11(12)14/h4-5,9,15H,2-3,6-8,14H2,1H3. The van der Waals surface area contributed by atoms with Gasteiger partial charge in [0.1, 0.15) is 4.90 Å². The summed E-state index contributed by atoms with van der Waals surface area (Å²) < 4.78 is 32.5. The molecule has 0 amide bonds. The molecule has 0 saturated carbocycles. The molecule has 1 aromatic carbocycles. The maximum atomic E-state index is 12.0. The van der Waals surface area contributed by atoms with E-state index in [1.165, 1.54) is 6.07 Å². The van der Waals surface area contributed by atoms with Crippen LogP contribution in [0.1, 0.15) is 19.8 Å². The van der Waals surface area contributed by atoms with Crippen molar-refractivity contribution in [1.29, 1.82) is 0 Å². The molecule has 0 heterocycles. The number of unbranched alkanes of at least 4 members (excludes halogenated alkanes) is 1. The Bertz CT molecular complexity index is 506. The molecule has 0 radical (unpaired) electrons. The number of nitrogens with two attached hydrogens (primary N) is 1. The van der Waals surface area contributed by atoms with Crippen molar-refractivity contribution in [2.45, 2.75) is 24.7 Å². The third-order valence-electron chi connectivity index (χ3n) is 2.45. The lowest BCUT2D eigenvalue weighted by atomic mass is 10.3. The van der Waals surface area contributed by atoms with Crippen LogP contribution in [0.4, 0.5) is 5.69 Å². The minimum absolute atomic E-state index is 0.0791. The van der Waals surface area contributed by atoms with E-state index in [9.17, 15) is 8.42 Å². The molecule has 0 unspecified atom stereocenters. The van der Waals surface area contributed by atoms with Gasteiger partial charge in [-0.1, -0.05) is 29.3 Å². The average molecular weight is 351 g/mol. The van der Waals surface area contributed by atoms with Gasteiger partial charge in [-0.05, 0) is 24.6 Å². The van der Waals surface area contributed by atoms with Crippen molar-refractivity contribution in [3.8, 4) is 0 Å². The fourth-order valence-corrected chi connectivity index (χ4v) is 3.10. The smallest absolute Gasteiger partial charge is 0.242 e. The summed E-state index contributed by atoms with van der Waals surface area (Å²) in [5.74, 6) is 0. The number of ether oxygens (including phenoxy) is 1. The van der Waals surface area contributed by atoms with Crippen molar-refractivity contribution in [3.63, 3.8) is 0 Å². The number of sulfonamides is 1. The van der Waals surface area contributed by atoms with Gasteiger partial charge >= 0.3 is 0 Å². The van der Waals surface area contributed by atoms with Crippen LogP contribution in [0, 0.1) is 0 Å². The van der Waals surface area contributed by atoms with Gasteiger partial charge in [0.05, 0.1) is 12.3 Å². The second-order valence-corrected chi connectivity index (χ2v) is 6.70. The van der Waals surface area contributed by atoms with Gasteiger partial charge < -0.3 is 10.5 Å². The van der Waals surface area contributed by atoms with Gasteiger partial charge in [0, 0.05) is 17.6 Å². The molecule has 0 aliphatic rings. The van der Waals surface area contributed by atoms with Crippen LogP contribution < -0.4 is 10.5 Å². The van der Waals surface area contributed by atoms with Crippen molar-refractivity contribution in [1.82, 2.24) is 4.72 Å². The normalized spacial score (nSPS) is 11.7. The largest absolute Gasteiger partial charge is 0.398 e. The third-order valence-corrected chi connectivity index (χ3v) is 4.46. The van der Waals surface area contributed by atoms with Crippen molar-refractivity contribution in [2.75, 3.05) is 25.5 Å². The lowest BCUT2D eigenvalue weighted by molar-refractivity contribution is 0.136. The van der Waals surface area contributed by atoms with Gasteiger partial charge in [-0.2, -0.15) is 0 Å². The molecule has 7 heteroatoms. The van der Waals surface area contributed by atoms with Crippen LogP contribution in [-0.4, -0.2) is 28.2 Å². The Morgan fingerprint density at radius 1 is 1.37 bits per heavy atom. The lowest BCUT2D eigenvalue weighted by Crippen LogP contribution is -2.28. The van der Waals surface area contributed by atoms with E-state index >= 15 is 0 Å². The molecular formula is C12H19BrN2O3S. The summed E-state index contributed by atoms with van der Waals surface area (Å²) in [6.45, 7) is 3.31. The number of halogens is 1. The molecule has 0 aliphatic carbocycles. The topological polar surface area (TPSA) is 81.4 Å². The maximum Gasteiger partial charge on any atom is 0.242 e. The molecule has 0 fully saturated rings. The molecule has 0 saturated heterocycles. The highest BCUT2D eigenvalue weighted by molar-refractivity contribution is 9.10. The second kappa shape index (κ2) is 7.84. The van der Waals surface area contributed by atoms with Crippen molar-refractivity contribution >= 4 is 31.6 Å². The highest BCUT2D eigenvalue weighted by Crippen LogP contribution is 2.22. The van der Waals surface area contributed by atoms with Crippen LogP contribution in [0.2, 0.25) is 0 Å². The SMILES string of the molecule is CCCCOCCNS(=O)(=O)c1cc(Br)ccc1N. The predicted molar refractivity (Wildman–Crippen MR) is 79.5 cm³/mol. The summed E-state index contributed by atoms with van der Waals surface area (Å²) in [5.41, 5.74) is 5.90. The van der Waals surface area contributed by atoms with E-state index in [1.807, 2.05) is 0 Å². The van der Waals surface area contributed by atoms with Gasteiger partial charge in [-0.3, -0.25) is 0 Å². The number of benzene rings is 1. The number of hydrogen-bond donors (Lipinski definition) is 2. The first-order valence-corrected chi connectivity index (χ1v) is 8.37. The van der Waals surface area contributed by atoms with Gasteiger partial charge in [0.15, 0.2) is 0 Å². The minimum Gasteiger partial charge on any atom is -0.398 e. The molecule has 3 N–H and O–H groups in total. The lowest BCUT2D eigenvalue weighted by Gasteiger charge is -2.09. The van der Waals surface area contributed by atoms with E-state index < -0.39 is 10.0 Å². The summed E-state index contributed by atoms with van der Waals surface area (Å²) in [4.78, 5) is 0.0791. The van der Waals surface area contributed by atoms with Gasteiger partial charge in [0.2, 0.25) is 10.0 Å². The number of anilines is 1. The summed E-state index contributed by atoms with van der Waals surface area (Å²) in [6, 6.07) is 4.73. The predicted octanol–water partition coefficient (Wildman–Crippen LogP) is 2.13. The zero-order valence-electron chi connectivity index (χ0n) is 10.9. The Hall–Kier alpha value is -0.630. The Morgan fingerprint density at radius 2 is 2.11 bits per heavy atom. The number of rotatable bonds is 8. The van der Waals surface area contributed by atoms with E-state index in [0.717, 1.165) is 12.8 Å². The summed E-state index contributed by atoms with van der Waals surface area (Å²) >= 11 is 3.23. The average Bonchev–Trinajstić information content (AvgIpc) is 2.36. The Morgan fingerprint density at radius 3 is 2.79 bits per heavy atom. The Kier molecular flexibility index (Phi) is 6.78. The van der Waals surface area contributed by atoms with Gasteiger partial charge in [-0.15, -0.1) is 0 Å². The van der Waals surface area contributed by atoms with Crippen molar-refractivity contribution in [2.24, 2.45) is 0 Å². The highest BCUT2D eigenvalue weighted by atomic mass is 79.9. The van der Waals surface area contributed by atoms with Crippen molar-refractivity contribution < 1.29 is 13.2 Å². The van der Waals surface area contributed by atoms with E-state index in [-0.39, 0.29) is 17.1 Å². The van der Waals surface area contributed by atoms with Gasteiger partial charge in [0.25, 0.3) is 0 Å². The Labute approximate surface area is 122 Å². The molecule has 1 rings (SSSR count). The molecule has 5 nitrogen and oxygen atoms in total. The van der Waals surface area contributed by atoms with Crippen LogP contribution >= 0.6 is 15.9 Å². The number of hydrogen-bond acceptors (Lipinski definition) is 4. The van der Waals surface area contributed by atoms with Crippen LogP contribution in [0.3, 0.4) is 0 Å². The Balaban J connectivity index is 2.54. The first-order valence-electron chi connectivity index (χ1n) is 6.10. The molecular weight excluding hydrogens is 332 g/mol. The molecule has 0 bridgehead atoms. The van der Waals surface area contributed by atoms with Crippen LogP contribution in [0.5, 0.6) is 0 Å². The van der Waals surface area contributed by atoms with Crippen molar-refractivity contribution in [3.05, 3.63) is 22.7 Å².